The van der Waals surface area contributed by atoms with Crippen LogP contribution in [0.2, 0.25) is 0 Å². The van der Waals surface area contributed by atoms with Crippen LogP contribution in [-0.4, -0.2) is 36.7 Å². The van der Waals surface area contributed by atoms with Gasteiger partial charge < -0.3 is 14.4 Å². The summed E-state index contributed by atoms with van der Waals surface area (Å²) in [5.74, 6) is -0.0736. The van der Waals surface area contributed by atoms with Gasteiger partial charge in [0.05, 0.1) is 42.3 Å². The SMILES string of the molecule is CCCN1C(=O)C(=c2sc3n(c2=O)[C@@H](c2ccc(OC)cc2)C(C(=O)OCC)=C(C)N=3)c2ccccc21. The molecule has 190 valence electrons. The Labute approximate surface area is 217 Å². The van der Waals surface area contributed by atoms with Gasteiger partial charge in [0.2, 0.25) is 0 Å². The number of allylic oxidation sites excluding steroid dienone is 1. The summed E-state index contributed by atoms with van der Waals surface area (Å²) in [6.07, 6.45) is 0.786. The van der Waals surface area contributed by atoms with Crippen molar-refractivity contribution in [1.82, 2.24) is 4.57 Å². The van der Waals surface area contributed by atoms with Crippen molar-refractivity contribution in [2.24, 2.45) is 4.99 Å². The Balaban J connectivity index is 1.79. The molecule has 9 heteroatoms. The highest BCUT2D eigenvalue weighted by atomic mass is 32.1. The van der Waals surface area contributed by atoms with Crippen LogP contribution in [0.1, 0.15) is 44.4 Å². The second-order valence-electron chi connectivity index (χ2n) is 8.74. The van der Waals surface area contributed by atoms with E-state index in [4.69, 9.17) is 9.47 Å². The monoisotopic (exact) mass is 517 g/mol. The molecule has 0 unspecified atom stereocenters. The van der Waals surface area contributed by atoms with E-state index < -0.39 is 12.0 Å². The van der Waals surface area contributed by atoms with Gasteiger partial charge in [-0.1, -0.05) is 48.6 Å². The van der Waals surface area contributed by atoms with Gasteiger partial charge >= 0.3 is 5.97 Å². The van der Waals surface area contributed by atoms with Crippen LogP contribution in [-0.2, 0) is 14.3 Å². The highest BCUT2D eigenvalue weighted by Crippen LogP contribution is 2.36. The first-order valence-corrected chi connectivity index (χ1v) is 13.0. The Hall–Kier alpha value is -3.98. The molecule has 1 aromatic heterocycles. The Morgan fingerprint density at radius 2 is 1.81 bits per heavy atom. The molecule has 0 spiro atoms. The number of thiazole rings is 1. The third-order valence-electron chi connectivity index (χ3n) is 6.52. The average molecular weight is 518 g/mol. The summed E-state index contributed by atoms with van der Waals surface area (Å²) in [6.45, 7) is 6.23. The fourth-order valence-electron chi connectivity index (χ4n) is 4.89. The highest BCUT2D eigenvalue weighted by molar-refractivity contribution is 7.07. The highest BCUT2D eigenvalue weighted by Gasteiger charge is 2.37. The Bertz CT molecular complexity index is 1610. The summed E-state index contributed by atoms with van der Waals surface area (Å²) in [6, 6.07) is 14.0. The van der Waals surface area contributed by atoms with Crippen LogP contribution in [0.4, 0.5) is 5.69 Å². The zero-order valence-electron chi connectivity index (χ0n) is 21.1. The molecule has 0 aliphatic carbocycles. The molecule has 2 aliphatic heterocycles. The first-order chi connectivity index (χ1) is 17.9. The van der Waals surface area contributed by atoms with Crippen LogP contribution in [0.15, 0.2) is 69.6 Å². The number of amides is 1. The van der Waals surface area contributed by atoms with Crippen LogP contribution in [0.5, 0.6) is 5.75 Å². The molecular weight excluding hydrogens is 490 g/mol. The fraction of sp³-hybridized carbons (Fsp3) is 0.286. The van der Waals surface area contributed by atoms with E-state index in [1.807, 2.05) is 43.3 Å². The van der Waals surface area contributed by atoms with Gasteiger partial charge in [-0.2, -0.15) is 0 Å². The van der Waals surface area contributed by atoms with Gasteiger partial charge in [0.1, 0.15) is 10.3 Å². The number of rotatable bonds is 6. The maximum absolute atomic E-state index is 14.1. The molecule has 8 nitrogen and oxygen atoms in total. The van der Waals surface area contributed by atoms with Crippen molar-refractivity contribution >= 4 is 34.5 Å². The largest absolute Gasteiger partial charge is 0.497 e. The third-order valence-corrected chi connectivity index (χ3v) is 7.58. The maximum Gasteiger partial charge on any atom is 0.338 e. The van der Waals surface area contributed by atoms with Crippen LogP contribution in [0.3, 0.4) is 0 Å². The standard InChI is InChI=1S/C28H27N3O5S/c1-5-15-30-20-10-8-7-9-19(20)22(25(30)32)24-26(33)31-23(17-11-13-18(35-4)14-12-17)21(27(34)36-6-2)16(3)29-28(31)37-24/h7-14,23H,5-6,15H2,1-4H3/t23-/m0/s1. The van der Waals surface area contributed by atoms with Crippen molar-refractivity contribution in [3.8, 4) is 5.75 Å². The zero-order chi connectivity index (χ0) is 26.3. The van der Waals surface area contributed by atoms with E-state index in [0.29, 0.717) is 44.0 Å². The number of hydrogen-bond acceptors (Lipinski definition) is 7. The number of carbonyl (C=O) groups is 2. The molecule has 0 N–H and O–H groups in total. The Morgan fingerprint density at radius 1 is 1.08 bits per heavy atom. The number of carbonyl (C=O) groups excluding carboxylic acids is 2. The van der Waals surface area contributed by atoms with Crippen molar-refractivity contribution in [1.29, 1.82) is 0 Å². The third kappa shape index (κ3) is 3.99. The van der Waals surface area contributed by atoms with Crippen molar-refractivity contribution in [3.63, 3.8) is 0 Å². The molecule has 37 heavy (non-hydrogen) atoms. The summed E-state index contributed by atoms with van der Waals surface area (Å²) in [4.78, 5) is 47.5. The lowest BCUT2D eigenvalue weighted by Gasteiger charge is -2.24. The maximum atomic E-state index is 14.1. The van der Waals surface area contributed by atoms with E-state index in [2.05, 4.69) is 4.99 Å². The number of ether oxygens (including phenoxy) is 2. The lowest BCUT2D eigenvalue weighted by Crippen LogP contribution is -2.41. The number of methoxy groups -OCH3 is 1. The van der Waals surface area contributed by atoms with Crippen molar-refractivity contribution in [2.45, 2.75) is 33.2 Å². The minimum atomic E-state index is -0.756. The molecule has 1 atom stereocenters. The van der Waals surface area contributed by atoms with Gasteiger partial charge in [-0.15, -0.1) is 0 Å². The lowest BCUT2D eigenvalue weighted by atomic mass is 9.96. The predicted octanol–water partition coefficient (Wildman–Crippen LogP) is 2.93. The molecule has 3 heterocycles. The number of benzene rings is 2. The molecule has 2 aromatic carbocycles. The second-order valence-corrected chi connectivity index (χ2v) is 9.72. The fourth-order valence-corrected chi connectivity index (χ4v) is 6.03. The zero-order valence-corrected chi connectivity index (χ0v) is 21.9. The number of nitrogens with zero attached hydrogens (tertiary/aromatic N) is 3. The van der Waals surface area contributed by atoms with Crippen LogP contribution >= 0.6 is 11.3 Å². The molecule has 3 aromatic rings. The van der Waals surface area contributed by atoms with E-state index in [1.165, 1.54) is 15.9 Å². The van der Waals surface area contributed by atoms with Gasteiger partial charge in [-0.05, 0) is 44.0 Å². The smallest absolute Gasteiger partial charge is 0.338 e. The first-order valence-electron chi connectivity index (χ1n) is 12.2. The second kappa shape index (κ2) is 9.82. The predicted molar refractivity (Wildman–Crippen MR) is 141 cm³/mol. The summed E-state index contributed by atoms with van der Waals surface area (Å²) in [5, 5.41) is 0. The molecule has 5 rings (SSSR count). The summed E-state index contributed by atoms with van der Waals surface area (Å²) in [5.41, 5.74) is 3.01. The number of anilines is 1. The van der Waals surface area contributed by atoms with Crippen LogP contribution in [0, 0.1) is 0 Å². The van der Waals surface area contributed by atoms with E-state index >= 15 is 0 Å². The molecule has 0 fully saturated rings. The van der Waals surface area contributed by atoms with Gasteiger partial charge in [0.25, 0.3) is 11.5 Å². The van der Waals surface area contributed by atoms with Crippen molar-refractivity contribution in [2.75, 3.05) is 25.2 Å². The molecule has 0 radical (unpaired) electrons. The van der Waals surface area contributed by atoms with Gasteiger partial charge in [-0.3, -0.25) is 14.2 Å². The van der Waals surface area contributed by atoms with Gasteiger partial charge in [0.15, 0.2) is 4.80 Å². The Morgan fingerprint density at radius 3 is 2.49 bits per heavy atom. The summed E-state index contributed by atoms with van der Waals surface area (Å²) in [7, 11) is 1.58. The summed E-state index contributed by atoms with van der Waals surface area (Å²) >= 11 is 1.17. The van der Waals surface area contributed by atoms with Crippen molar-refractivity contribution in [3.05, 3.63) is 90.6 Å². The quantitative estimate of drug-likeness (QED) is 0.469. The van der Waals surface area contributed by atoms with Crippen LogP contribution in [0.25, 0.3) is 5.57 Å². The summed E-state index contributed by atoms with van der Waals surface area (Å²) < 4.78 is 12.5. The van der Waals surface area contributed by atoms with E-state index in [-0.39, 0.29) is 18.1 Å². The van der Waals surface area contributed by atoms with E-state index in [1.54, 1.807) is 38.0 Å². The minimum Gasteiger partial charge on any atom is -0.497 e. The minimum absolute atomic E-state index is 0.193. The number of para-hydroxylation sites is 1. The topological polar surface area (TPSA) is 90.2 Å². The number of fused-ring (bicyclic) bond motifs is 2. The van der Waals surface area contributed by atoms with Gasteiger partial charge in [0, 0.05) is 12.1 Å². The molecule has 0 saturated carbocycles. The molecule has 0 saturated heterocycles. The molecular formula is C28H27N3O5S. The molecule has 0 bridgehead atoms. The van der Waals surface area contributed by atoms with Crippen molar-refractivity contribution < 1.29 is 19.1 Å². The number of aromatic nitrogens is 1. The molecule has 1 amide bonds. The average Bonchev–Trinajstić information content (AvgIpc) is 3.36. The lowest BCUT2D eigenvalue weighted by molar-refractivity contribution is -0.139. The number of esters is 1. The Kier molecular flexibility index (Phi) is 6.55. The first kappa shape index (κ1) is 24.7. The normalized spacial score (nSPS) is 17.9. The van der Waals surface area contributed by atoms with Gasteiger partial charge in [-0.25, -0.2) is 9.79 Å². The van der Waals surface area contributed by atoms with E-state index in [0.717, 1.165) is 17.7 Å². The van der Waals surface area contributed by atoms with E-state index in [9.17, 15) is 14.4 Å². The van der Waals surface area contributed by atoms with Crippen LogP contribution < -0.4 is 24.5 Å². The molecule has 2 aliphatic rings. The number of hydrogen-bond donors (Lipinski definition) is 0.